The number of amides is 1. The molecule has 0 aromatic heterocycles. The van der Waals surface area contributed by atoms with Crippen molar-refractivity contribution in [2.75, 3.05) is 26.8 Å². The molecule has 0 saturated carbocycles. The van der Waals surface area contributed by atoms with Crippen molar-refractivity contribution in [3.8, 4) is 0 Å². The molecule has 2 N–H and O–H groups in total. The van der Waals surface area contributed by atoms with E-state index in [1.165, 1.54) is 36.4 Å². The van der Waals surface area contributed by atoms with Gasteiger partial charge in [-0.05, 0) is 54.8 Å². The molecular weight excluding hydrogens is 371 g/mol. The first-order chi connectivity index (χ1) is 12.9. The van der Waals surface area contributed by atoms with Crippen LogP contribution in [0.4, 0.5) is 4.39 Å². The molecule has 0 aliphatic heterocycles. The average molecular weight is 394 g/mol. The molecule has 1 amide bonds. The third kappa shape index (κ3) is 6.74. The summed E-state index contributed by atoms with van der Waals surface area (Å²) < 4.78 is 44.9. The molecule has 0 fully saturated rings. The molecule has 0 bridgehead atoms. The monoisotopic (exact) mass is 394 g/mol. The summed E-state index contributed by atoms with van der Waals surface area (Å²) in [6.45, 7) is 1.23. The van der Waals surface area contributed by atoms with Crippen molar-refractivity contribution in [1.29, 1.82) is 0 Å². The predicted octanol–water partition coefficient (Wildman–Crippen LogP) is 2.11. The van der Waals surface area contributed by atoms with Crippen LogP contribution in [0.15, 0.2) is 53.4 Å². The van der Waals surface area contributed by atoms with Gasteiger partial charge in [0.05, 0.1) is 4.90 Å². The first-order valence-corrected chi connectivity index (χ1v) is 10.0. The Hall–Kier alpha value is -2.29. The molecule has 0 aliphatic rings. The average Bonchev–Trinajstić information content (AvgIpc) is 2.67. The molecular formula is C19H23FN2O4S. The lowest BCUT2D eigenvalue weighted by atomic mass is 10.1. The Kier molecular flexibility index (Phi) is 7.90. The van der Waals surface area contributed by atoms with Crippen LogP contribution in [0.2, 0.25) is 0 Å². The standard InChI is InChI=1S/C19H23FN2O4S/c1-26-14-2-12-21-19(23)16-5-9-18(10-6-16)27(24,25)22-13-11-15-3-7-17(20)8-4-15/h3-10,22H,2,11-14H2,1H3,(H,21,23). The highest BCUT2D eigenvalue weighted by atomic mass is 32.2. The smallest absolute Gasteiger partial charge is 0.251 e. The lowest BCUT2D eigenvalue weighted by Gasteiger charge is -2.08. The van der Waals surface area contributed by atoms with E-state index in [2.05, 4.69) is 10.0 Å². The third-order valence-corrected chi connectivity index (χ3v) is 5.33. The highest BCUT2D eigenvalue weighted by Crippen LogP contribution is 2.11. The van der Waals surface area contributed by atoms with Crippen LogP contribution in [0.5, 0.6) is 0 Å². The van der Waals surface area contributed by atoms with Crippen LogP contribution < -0.4 is 10.0 Å². The summed E-state index contributed by atoms with van der Waals surface area (Å²) in [5.41, 5.74) is 1.22. The molecule has 146 valence electrons. The maximum absolute atomic E-state index is 12.9. The van der Waals surface area contributed by atoms with Gasteiger partial charge in [-0.2, -0.15) is 0 Å². The Labute approximate surface area is 158 Å². The number of carbonyl (C=O) groups excluding carboxylic acids is 1. The van der Waals surface area contributed by atoms with Crippen LogP contribution in [0.1, 0.15) is 22.3 Å². The summed E-state index contributed by atoms with van der Waals surface area (Å²) in [4.78, 5) is 12.1. The summed E-state index contributed by atoms with van der Waals surface area (Å²) in [7, 11) is -2.09. The van der Waals surface area contributed by atoms with E-state index in [1.807, 2.05) is 0 Å². The van der Waals surface area contributed by atoms with E-state index in [0.717, 1.165) is 5.56 Å². The summed E-state index contributed by atoms with van der Waals surface area (Å²) in [6.07, 6.45) is 1.15. The number of sulfonamides is 1. The Bertz CT molecular complexity index is 837. The third-order valence-electron chi connectivity index (χ3n) is 3.86. The topological polar surface area (TPSA) is 84.5 Å². The molecule has 2 rings (SSSR count). The van der Waals surface area contributed by atoms with Crippen molar-refractivity contribution < 1.29 is 22.3 Å². The molecule has 6 nitrogen and oxygen atoms in total. The fourth-order valence-electron chi connectivity index (χ4n) is 2.37. The molecule has 0 saturated heterocycles. The molecule has 2 aromatic rings. The molecule has 0 unspecified atom stereocenters. The Morgan fingerprint density at radius 2 is 1.70 bits per heavy atom. The molecule has 8 heteroatoms. The van der Waals surface area contributed by atoms with Gasteiger partial charge in [-0.1, -0.05) is 12.1 Å². The minimum absolute atomic E-state index is 0.0811. The van der Waals surface area contributed by atoms with E-state index in [4.69, 9.17) is 4.74 Å². The molecule has 0 heterocycles. The molecule has 0 spiro atoms. The lowest BCUT2D eigenvalue weighted by Crippen LogP contribution is -2.27. The normalized spacial score (nSPS) is 11.3. The van der Waals surface area contributed by atoms with Crippen LogP contribution in [-0.4, -0.2) is 41.1 Å². The minimum Gasteiger partial charge on any atom is -0.385 e. The predicted molar refractivity (Wildman–Crippen MR) is 101 cm³/mol. The van der Waals surface area contributed by atoms with Crippen LogP contribution in [0.25, 0.3) is 0 Å². The van der Waals surface area contributed by atoms with Gasteiger partial charge in [0.15, 0.2) is 0 Å². The van der Waals surface area contributed by atoms with E-state index in [1.54, 1.807) is 19.2 Å². The Morgan fingerprint density at radius 1 is 1.04 bits per heavy atom. The fraction of sp³-hybridized carbons (Fsp3) is 0.316. The van der Waals surface area contributed by atoms with Crippen LogP contribution in [0, 0.1) is 5.82 Å². The zero-order valence-corrected chi connectivity index (χ0v) is 15.9. The van der Waals surface area contributed by atoms with Crippen molar-refractivity contribution in [2.45, 2.75) is 17.7 Å². The van der Waals surface area contributed by atoms with Crippen molar-refractivity contribution in [2.24, 2.45) is 0 Å². The number of hydrogen-bond donors (Lipinski definition) is 2. The lowest BCUT2D eigenvalue weighted by molar-refractivity contribution is 0.0948. The van der Waals surface area contributed by atoms with Gasteiger partial charge >= 0.3 is 0 Å². The van der Waals surface area contributed by atoms with E-state index >= 15 is 0 Å². The van der Waals surface area contributed by atoms with Crippen LogP contribution in [-0.2, 0) is 21.2 Å². The van der Waals surface area contributed by atoms with Gasteiger partial charge in [0.1, 0.15) is 5.82 Å². The van der Waals surface area contributed by atoms with E-state index in [0.29, 0.717) is 31.6 Å². The quantitative estimate of drug-likeness (QED) is 0.605. The van der Waals surface area contributed by atoms with E-state index in [9.17, 15) is 17.6 Å². The maximum atomic E-state index is 12.9. The number of ether oxygens (including phenoxy) is 1. The zero-order valence-electron chi connectivity index (χ0n) is 15.1. The van der Waals surface area contributed by atoms with Gasteiger partial charge in [0, 0.05) is 32.4 Å². The van der Waals surface area contributed by atoms with Crippen LogP contribution in [0.3, 0.4) is 0 Å². The van der Waals surface area contributed by atoms with Gasteiger partial charge < -0.3 is 10.1 Å². The van der Waals surface area contributed by atoms with Crippen molar-refractivity contribution in [3.63, 3.8) is 0 Å². The highest BCUT2D eigenvalue weighted by molar-refractivity contribution is 7.89. The minimum atomic E-state index is -3.68. The fourth-order valence-corrected chi connectivity index (χ4v) is 3.40. The number of rotatable bonds is 10. The number of methoxy groups -OCH3 is 1. The number of benzene rings is 2. The summed E-state index contributed by atoms with van der Waals surface area (Å²) >= 11 is 0. The van der Waals surface area contributed by atoms with E-state index in [-0.39, 0.29) is 23.2 Å². The second-order valence-corrected chi connectivity index (χ2v) is 7.67. The van der Waals surface area contributed by atoms with Crippen molar-refractivity contribution in [3.05, 3.63) is 65.5 Å². The highest BCUT2D eigenvalue weighted by Gasteiger charge is 2.14. The first-order valence-electron chi connectivity index (χ1n) is 8.54. The summed E-state index contributed by atoms with van der Waals surface area (Å²) in [5, 5.41) is 2.74. The molecule has 2 aromatic carbocycles. The SMILES string of the molecule is COCCCNC(=O)c1ccc(S(=O)(=O)NCCc2ccc(F)cc2)cc1. The Balaban J connectivity index is 1.88. The van der Waals surface area contributed by atoms with Gasteiger partial charge in [0.2, 0.25) is 10.0 Å². The van der Waals surface area contributed by atoms with Gasteiger partial charge in [-0.25, -0.2) is 17.5 Å². The number of nitrogens with one attached hydrogen (secondary N) is 2. The molecule has 27 heavy (non-hydrogen) atoms. The first kappa shape index (κ1) is 21.0. The Morgan fingerprint density at radius 3 is 2.33 bits per heavy atom. The summed E-state index contributed by atoms with van der Waals surface area (Å²) in [6, 6.07) is 11.6. The van der Waals surface area contributed by atoms with E-state index < -0.39 is 10.0 Å². The number of hydrogen-bond acceptors (Lipinski definition) is 4. The number of halogens is 1. The van der Waals surface area contributed by atoms with Crippen molar-refractivity contribution >= 4 is 15.9 Å². The second kappa shape index (κ2) is 10.1. The molecule has 0 atom stereocenters. The number of carbonyl (C=O) groups is 1. The van der Waals surface area contributed by atoms with Gasteiger partial charge in [0.25, 0.3) is 5.91 Å². The molecule has 0 aliphatic carbocycles. The van der Waals surface area contributed by atoms with Gasteiger partial charge in [-0.3, -0.25) is 4.79 Å². The summed E-state index contributed by atoms with van der Waals surface area (Å²) in [5.74, 6) is -0.596. The van der Waals surface area contributed by atoms with Crippen LogP contribution >= 0.6 is 0 Å². The van der Waals surface area contributed by atoms with Gasteiger partial charge in [-0.15, -0.1) is 0 Å². The largest absolute Gasteiger partial charge is 0.385 e. The zero-order chi connectivity index (χ0) is 19.7. The second-order valence-electron chi connectivity index (χ2n) is 5.90. The van der Waals surface area contributed by atoms with Crippen molar-refractivity contribution in [1.82, 2.24) is 10.0 Å². The molecule has 0 radical (unpaired) electrons. The maximum Gasteiger partial charge on any atom is 0.251 e.